The second kappa shape index (κ2) is 5.31. The molecule has 1 N–H and O–H groups in total. The minimum absolute atomic E-state index is 0.197. The Hall–Kier alpha value is -1.68. The van der Waals surface area contributed by atoms with Crippen LogP contribution in [0, 0.1) is 12.7 Å². The summed E-state index contributed by atoms with van der Waals surface area (Å²) in [6.45, 7) is 1.84. The number of anilines is 1. The van der Waals surface area contributed by atoms with Gasteiger partial charge in [0.15, 0.2) is 0 Å². The van der Waals surface area contributed by atoms with Gasteiger partial charge in [-0.2, -0.15) is 0 Å². The first-order valence-corrected chi connectivity index (χ1v) is 6.18. The number of amides is 1. The molecule has 92 valence electrons. The summed E-state index contributed by atoms with van der Waals surface area (Å²) in [4.78, 5) is 11.9. The minimum atomic E-state index is -0.439. The molecule has 0 fully saturated rings. The fourth-order valence-electron chi connectivity index (χ4n) is 1.53. The van der Waals surface area contributed by atoms with Crippen LogP contribution in [0.1, 0.15) is 15.9 Å². The molecule has 0 saturated heterocycles. The normalized spacial score (nSPS) is 10.2. The second-order valence-electron chi connectivity index (χ2n) is 3.94. The van der Waals surface area contributed by atoms with Crippen LogP contribution < -0.4 is 5.32 Å². The summed E-state index contributed by atoms with van der Waals surface area (Å²) in [7, 11) is 0. The predicted molar refractivity (Wildman–Crippen MR) is 73.2 cm³/mol. The summed E-state index contributed by atoms with van der Waals surface area (Å²) >= 11 is 3.29. The summed E-state index contributed by atoms with van der Waals surface area (Å²) in [5.41, 5.74) is 1.57. The Labute approximate surface area is 113 Å². The lowest BCUT2D eigenvalue weighted by molar-refractivity contribution is 0.102. The van der Waals surface area contributed by atoms with Crippen molar-refractivity contribution in [3.63, 3.8) is 0 Å². The summed E-state index contributed by atoms with van der Waals surface area (Å²) in [5, 5.41) is 2.56. The van der Waals surface area contributed by atoms with Crippen LogP contribution in [0.15, 0.2) is 46.9 Å². The molecule has 2 aromatic rings. The molecule has 0 heterocycles. The van der Waals surface area contributed by atoms with Crippen LogP contribution in [-0.2, 0) is 0 Å². The molecule has 0 aromatic heterocycles. The van der Waals surface area contributed by atoms with E-state index in [1.54, 1.807) is 36.4 Å². The van der Waals surface area contributed by atoms with Gasteiger partial charge in [0.05, 0.1) is 5.69 Å². The number of rotatable bonds is 2. The Morgan fingerprint density at radius 2 is 1.83 bits per heavy atom. The Morgan fingerprint density at radius 3 is 2.50 bits per heavy atom. The molecule has 0 aliphatic rings. The third kappa shape index (κ3) is 2.96. The van der Waals surface area contributed by atoms with Gasteiger partial charge in [-0.1, -0.05) is 22.0 Å². The van der Waals surface area contributed by atoms with E-state index in [9.17, 15) is 9.18 Å². The molecule has 2 rings (SSSR count). The lowest BCUT2D eigenvalue weighted by Crippen LogP contribution is -2.12. The van der Waals surface area contributed by atoms with Crippen LogP contribution in [-0.4, -0.2) is 5.91 Å². The predicted octanol–water partition coefficient (Wildman–Crippen LogP) is 4.15. The smallest absolute Gasteiger partial charge is 0.255 e. The van der Waals surface area contributed by atoms with Gasteiger partial charge in [-0.3, -0.25) is 4.79 Å². The van der Waals surface area contributed by atoms with E-state index in [4.69, 9.17) is 0 Å². The van der Waals surface area contributed by atoms with Crippen LogP contribution in [0.2, 0.25) is 0 Å². The van der Waals surface area contributed by atoms with Crippen molar-refractivity contribution >= 4 is 27.5 Å². The van der Waals surface area contributed by atoms with Gasteiger partial charge < -0.3 is 5.32 Å². The minimum Gasteiger partial charge on any atom is -0.319 e. The summed E-state index contributed by atoms with van der Waals surface area (Å²) < 4.78 is 14.4. The molecule has 18 heavy (non-hydrogen) atoms. The van der Waals surface area contributed by atoms with Crippen molar-refractivity contribution in [2.75, 3.05) is 5.32 Å². The molecule has 0 spiro atoms. The van der Waals surface area contributed by atoms with E-state index in [1.807, 2.05) is 6.92 Å². The number of aryl methyl sites for hydroxylation is 1. The maximum Gasteiger partial charge on any atom is 0.255 e. The average molecular weight is 308 g/mol. The van der Waals surface area contributed by atoms with Gasteiger partial charge in [-0.15, -0.1) is 0 Å². The van der Waals surface area contributed by atoms with Crippen molar-refractivity contribution in [3.05, 3.63) is 63.9 Å². The van der Waals surface area contributed by atoms with Gasteiger partial charge >= 0.3 is 0 Å². The number of hydrogen-bond donors (Lipinski definition) is 1. The Kier molecular flexibility index (Phi) is 3.77. The van der Waals surface area contributed by atoms with Crippen molar-refractivity contribution in [2.24, 2.45) is 0 Å². The Bertz CT molecular complexity index is 581. The van der Waals surface area contributed by atoms with Gasteiger partial charge in [0.25, 0.3) is 5.91 Å². The highest BCUT2D eigenvalue weighted by Crippen LogP contribution is 2.17. The quantitative estimate of drug-likeness (QED) is 0.887. The first kappa shape index (κ1) is 12.8. The second-order valence-corrected chi connectivity index (χ2v) is 4.86. The topological polar surface area (TPSA) is 29.1 Å². The van der Waals surface area contributed by atoms with Gasteiger partial charge in [0, 0.05) is 10.0 Å². The molecular formula is C14H11BrFNO. The molecule has 1 amide bonds. The van der Waals surface area contributed by atoms with Crippen molar-refractivity contribution in [1.29, 1.82) is 0 Å². The lowest BCUT2D eigenvalue weighted by atomic mass is 10.2. The SMILES string of the molecule is Cc1ccc(F)c(NC(=O)c2ccc(Br)cc2)c1. The fraction of sp³-hybridized carbons (Fsp3) is 0.0714. The molecule has 0 aliphatic heterocycles. The molecule has 0 atom stereocenters. The monoisotopic (exact) mass is 307 g/mol. The number of carbonyl (C=O) groups excluding carboxylic acids is 1. The first-order chi connectivity index (χ1) is 8.56. The van der Waals surface area contributed by atoms with Crippen molar-refractivity contribution in [1.82, 2.24) is 0 Å². The van der Waals surface area contributed by atoms with Gasteiger partial charge in [-0.25, -0.2) is 4.39 Å². The van der Waals surface area contributed by atoms with Crippen molar-refractivity contribution < 1.29 is 9.18 Å². The van der Waals surface area contributed by atoms with E-state index in [0.29, 0.717) is 5.56 Å². The molecule has 0 radical (unpaired) electrons. The highest BCUT2D eigenvalue weighted by Gasteiger charge is 2.09. The van der Waals surface area contributed by atoms with Crippen LogP contribution >= 0.6 is 15.9 Å². The number of halogens is 2. The van der Waals surface area contributed by atoms with E-state index in [1.165, 1.54) is 6.07 Å². The molecule has 0 aliphatic carbocycles. The third-order valence-electron chi connectivity index (χ3n) is 2.48. The first-order valence-electron chi connectivity index (χ1n) is 5.39. The van der Waals surface area contributed by atoms with Crippen LogP contribution in [0.25, 0.3) is 0 Å². The summed E-state index contributed by atoms with van der Waals surface area (Å²) in [6.07, 6.45) is 0. The van der Waals surface area contributed by atoms with Crippen LogP contribution in [0.3, 0.4) is 0 Å². The van der Waals surface area contributed by atoms with E-state index in [2.05, 4.69) is 21.2 Å². The van der Waals surface area contributed by atoms with Gasteiger partial charge in [-0.05, 0) is 48.9 Å². The largest absolute Gasteiger partial charge is 0.319 e. The molecule has 0 unspecified atom stereocenters. The molecule has 0 bridgehead atoms. The van der Waals surface area contributed by atoms with E-state index < -0.39 is 5.82 Å². The van der Waals surface area contributed by atoms with Crippen LogP contribution in [0.4, 0.5) is 10.1 Å². The number of benzene rings is 2. The number of hydrogen-bond acceptors (Lipinski definition) is 1. The zero-order valence-electron chi connectivity index (χ0n) is 9.71. The van der Waals surface area contributed by atoms with E-state index >= 15 is 0 Å². The zero-order valence-corrected chi connectivity index (χ0v) is 11.3. The molecule has 2 nitrogen and oxygen atoms in total. The number of carbonyl (C=O) groups is 1. The van der Waals surface area contributed by atoms with Crippen molar-refractivity contribution in [3.8, 4) is 0 Å². The highest BCUT2D eigenvalue weighted by molar-refractivity contribution is 9.10. The maximum absolute atomic E-state index is 13.5. The number of nitrogens with one attached hydrogen (secondary N) is 1. The maximum atomic E-state index is 13.5. The fourth-order valence-corrected chi connectivity index (χ4v) is 1.79. The average Bonchev–Trinajstić information content (AvgIpc) is 2.34. The molecule has 0 saturated carbocycles. The van der Waals surface area contributed by atoms with Gasteiger partial charge in [0.2, 0.25) is 0 Å². The lowest BCUT2D eigenvalue weighted by Gasteiger charge is -2.07. The summed E-state index contributed by atoms with van der Waals surface area (Å²) in [6, 6.07) is 11.5. The molecule has 2 aromatic carbocycles. The Balaban J connectivity index is 2.21. The third-order valence-corrected chi connectivity index (χ3v) is 3.01. The highest BCUT2D eigenvalue weighted by atomic mass is 79.9. The summed E-state index contributed by atoms with van der Waals surface area (Å²) in [5.74, 6) is -0.766. The molecule has 4 heteroatoms. The van der Waals surface area contributed by atoms with Gasteiger partial charge in [0.1, 0.15) is 5.82 Å². The Morgan fingerprint density at radius 1 is 1.17 bits per heavy atom. The zero-order chi connectivity index (χ0) is 13.1. The van der Waals surface area contributed by atoms with E-state index in [0.717, 1.165) is 10.0 Å². The van der Waals surface area contributed by atoms with Crippen molar-refractivity contribution in [2.45, 2.75) is 6.92 Å². The molecular weight excluding hydrogens is 297 g/mol. The van der Waals surface area contributed by atoms with E-state index in [-0.39, 0.29) is 11.6 Å². The van der Waals surface area contributed by atoms with Crippen LogP contribution in [0.5, 0.6) is 0 Å². The standard InChI is InChI=1S/C14H11BrFNO/c1-9-2-7-12(16)13(8-9)17-14(18)10-3-5-11(15)6-4-10/h2-8H,1H3,(H,17,18).